The zero-order chi connectivity index (χ0) is 20.0. The fourth-order valence-electron chi connectivity index (χ4n) is 3.55. The fourth-order valence-corrected chi connectivity index (χ4v) is 4.52. The van der Waals surface area contributed by atoms with Gasteiger partial charge in [0, 0.05) is 28.9 Å². The van der Waals surface area contributed by atoms with Gasteiger partial charge < -0.3 is 11.5 Å². The van der Waals surface area contributed by atoms with E-state index in [0.717, 1.165) is 33.2 Å². The minimum Gasteiger partial charge on any atom is -0.397 e. The molecule has 0 aliphatic carbocycles. The second-order valence-electron chi connectivity index (χ2n) is 6.75. The third kappa shape index (κ3) is 2.90. The molecule has 140 valence electrons. The number of nitrogens with two attached hydrogens (primary N) is 2. The molecule has 0 saturated heterocycles. The number of pyridine rings is 2. The van der Waals surface area contributed by atoms with Gasteiger partial charge in [0.05, 0.1) is 11.4 Å². The lowest BCUT2D eigenvalue weighted by Crippen LogP contribution is -2.10. The van der Waals surface area contributed by atoms with E-state index in [4.69, 9.17) is 16.5 Å². The van der Waals surface area contributed by atoms with Crippen LogP contribution in [0.4, 0.5) is 5.69 Å². The van der Waals surface area contributed by atoms with E-state index in [1.54, 1.807) is 12.4 Å². The van der Waals surface area contributed by atoms with Crippen LogP contribution in [0.2, 0.25) is 0 Å². The van der Waals surface area contributed by atoms with Crippen molar-refractivity contribution in [3.63, 3.8) is 0 Å². The van der Waals surface area contributed by atoms with E-state index in [1.165, 1.54) is 16.7 Å². The maximum atomic E-state index is 11.9. The number of carbonyl (C=O) groups excluding carboxylic acids is 1. The smallest absolute Gasteiger partial charge is 0.260 e. The van der Waals surface area contributed by atoms with E-state index in [-0.39, 0.29) is 0 Å². The predicted molar refractivity (Wildman–Crippen MR) is 119 cm³/mol. The maximum Gasteiger partial charge on any atom is 0.260 e. The molecule has 3 aromatic heterocycles. The van der Waals surface area contributed by atoms with Crippen molar-refractivity contribution in [3.05, 3.63) is 77.9 Å². The van der Waals surface area contributed by atoms with Crippen LogP contribution in [0, 0.1) is 0 Å². The minimum absolute atomic E-state index is 0.327. The summed E-state index contributed by atoms with van der Waals surface area (Å²) in [7, 11) is 0. The zero-order valence-electron chi connectivity index (χ0n) is 15.3. The zero-order valence-corrected chi connectivity index (χ0v) is 16.1. The number of anilines is 1. The van der Waals surface area contributed by atoms with Crippen molar-refractivity contribution in [3.8, 4) is 22.4 Å². The van der Waals surface area contributed by atoms with Gasteiger partial charge in [0.2, 0.25) is 0 Å². The van der Waals surface area contributed by atoms with Crippen molar-refractivity contribution in [2.45, 2.75) is 0 Å². The molecule has 4 N–H and O–H groups in total. The number of benzene rings is 2. The van der Waals surface area contributed by atoms with Crippen LogP contribution >= 0.6 is 11.3 Å². The fraction of sp³-hybridized carbons (Fsp3) is 0. The van der Waals surface area contributed by atoms with Crippen molar-refractivity contribution >= 4 is 43.9 Å². The van der Waals surface area contributed by atoms with E-state index in [9.17, 15) is 4.79 Å². The monoisotopic (exact) mass is 396 g/mol. The number of nitrogens with zero attached hydrogens (tertiary/aromatic N) is 2. The summed E-state index contributed by atoms with van der Waals surface area (Å²) in [5, 5.41) is 3.04. The second-order valence-corrected chi connectivity index (χ2v) is 7.75. The SMILES string of the molecule is NC(=O)c1sc2nc(-c3ccc4ccccc4c3)cc(-c3cccnc3)c2c1N. The molecular weight excluding hydrogens is 380 g/mol. The van der Waals surface area contributed by atoms with Crippen molar-refractivity contribution in [1.82, 2.24) is 9.97 Å². The van der Waals surface area contributed by atoms with Crippen molar-refractivity contribution in [2.75, 3.05) is 5.73 Å². The summed E-state index contributed by atoms with van der Waals surface area (Å²) in [5.74, 6) is -0.546. The van der Waals surface area contributed by atoms with Crippen molar-refractivity contribution < 1.29 is 4.79 Å². The molecule has 0 aliphatic rings. The molecule has 0 aliphatic heterocycles. The van der Waals surface area contributed by atoms with Gasteiger partial charge in [-0.2, -0.15) is 0 Å². The molecular formula is C23H16N4OS. The number of fused-ring (bicyclic) bond motifs is 2. The Morgan fingerprint density at radius 1 is 0.931 bits per heavy atom. The Balaban J connectivity index is 1.81. The number of hydrogen-bond donors (Lipinski definition) is 2. The lowest BCUT2D eigenvalue weighted by Gasteiger charge is -2.09. The Morgan fingerprint density at radius 3 is 2.52 bits per heavy atom. The van der Waals surface area contributed by atoms with Crippen LogP contribution in [0.15, 0.2) is 73.1 Å². The lowest BCUT2D eigenvalue weighted by atomic mass is 9.99. The molecule has 0 saturated carbocycles. The van der Waals surface area contributed by atoms with Gasteiger partial charge in [-0.05, 0) is 34.5 Å². The summed E-state index contributed by atoms with van der Waals surface area (Å²) in [6.07, 6.45) is 3.50. The van der Waals surface area contributed by atoms with E-state index in [2.05, 4.69) is 35.3 Å². The summed E-state index contributed by atoms with van der Waals surface area (Å²) in [6, 6.07) is 20.3. The first-order chi connectivity index (χ1) is 14.1. The molecule has 2 aromatic carbocycles. The first-order valence-corrected chi connectivity index (χ1v) is 9.86. The van der Waals surface area contributed by atoms with Gasteiger partial charge in [-0.1, -0.05) is 42.5 Å². The molecule has 0 fully saturated rings. The van der Waals surface area contributed by atoms with Crippen LogP contribution in [-0.4, -0.2) is 15.9 Å². The Hall–Kier alpha value is -3.77. The van der Waals surface area contributed by atoms with Crippen LogP contribution < -0.4 is 11.5 Å². The second kappa shape index (κ2) is 6.68. The Kier molecular flexibility index (Phi) is 4.00. The normalized spacial score (nSPS) is 11.2. The average molecular weight is 396 g/mol. The first kappa shape index (κ1) is 17.3. The molecule has 1 amide bonds. The molecule has 5 aromatic rings. The highest BCUT2D eigenvalue weighted by Crippen LogP contribution is 2.41. The lowest BCUT2D eigenvalue weighted by molar-refractivity contribution is 0.100. The molecule has 0 unspecified atom stereocenters. The van der Waals surface area contributed by atoms with E-state index >= 15 is 0 Å². The average Bonchev–Trinajstić information content (AvgIpc) is 3.10. The number of primary amides is 1. The van der Waals surface area contributed by atoms with Gasteiger partial charge >= 0.3 is 0 Å². The topological polar surface area (TPSA) is 94.9 Å². The highest BCUT2D eigenvalue weighted by molar-refractivity contribution is 7.21. The molecule has 6 heteroatoms. The highest BCUT2D eigenvalue weighted by Gasteiger charge is 2.20. The van der Waals surface area contributed by atoms with E-state index in [0.29, 0.717) is 15.4 Å². The molecule has 0 bridgehead atoms. The number of thiophene rings is 1. The van der Waals surface area contributed by atoms with Crippen LogP contribution in [-0.2, 0) is 0 Å². The van der Waals surface area contributed by atoms with Gasteiger partial charge in [-0.15, -0.1) is 11.3 Å². The Labute approximate surface area is 170 Å². The number of carbonyl (C=O) groups is 1. The van der Waals surface area contributed by atoms with Gasteiger partial charge in [-0.25, -0.2) is 4.98 Å². The number of amides is 1. The molecule has 0 spiro atoms. The Bertz CT molecular complexity index is 1390. The molecule has 5 nitrogen and oxygen atoms in total. The first-order valence-electron chi connectivity index (χ1n) is 9.04. The van der Waals surface area contributed by atoms with Gasteiger partial charge in [0.15, 0.2) is 0 Å². The molecule has 0 atom stereocenters. The number of nitrogen functional groups attached to an aromatic ring is 1. The standard InChI is InChI=1S/C23H16N4OS/c24-20-19-17(16-6-3-9-26-12-16)11-18(27-23(19)29-21(20)22(25)28)15-8-7-13-4-1-2-5-14(13)10-15/h1-12H,24H2,(H2,25,28). The van der Waals surface area contributed by atoms with Gasteiger partial charge in [-0.3, -0.25) is 9.78 Å². The molecule has 5 rings (SSSR count). The van der Waals surface area contributed by atoms with Crippen molar-refractivity contribution in [2.24, 2.45) is 5.73 Å². The van der Waals surface area contributed by atoms with Gasteiger partial charge in [0.25, 0.3) is 5.91 Å². The maximum absolute atomic E-state index is 11.9. The third-order valence-corrected chi connectivity index (χ3v) is 6.05. The summed E-state index contributed by atoms with van der Waals surface area (Å²) < 4.78 is 0. The number of hydrogen-bond acceptors (Lipinski definition) is 5. The van der Waals surface area contributed by atoms with E-state index < -0.39 is 5.91 Å². The van der Waals surface area contributed by atoms with Crippen LogP contribution in [0.3, 0.4) is 0 Å². The van der Waals surface area contributed by atoms with Crippen LogP contribution in [0.1, 0.15) is 9.67 Å². The summed E-state index contributed by atoms with van der Waals surface area (Å²) in [6.45, 7) is 0. The van der Waals surface area contributed by atoms with Crippen LogP contribution in [0.5, 0.6) is 0 Å². The van der Waals surface area contributed by atoms with Crippen LogP contribution in [0.25, 0.3) is 43.4 Å². The largest absolute Gasteiger partial charge is 0.397 e. The molecule has 3 heterocycles. The number of rotatable bonds is 3. The predicted octanol–water partition coefficient (Wildman–Crippen LogP) is 4.86. The quantitative estimate of drug-likeness (QED) is 0.455. The van der Waals surface area contributed by atoms with E-state index in [1.807, 2.05) is 30.3 Å². The Morgan fingerprint density at radius 2 is 1.76 bits per heavy atom. The number of aromatic nitrogens is 2. The summed E-state index contributed by atoms with van der Waals surface area (Å²) >= 11 is 1.22. The highest BCUT2D eigenvalue weighted by atomic mass is 32.1. The minimum atomic E-state index is -0.546. The van der Waals surface area contributed by atoms with Gasteiger partial charge in [0.1, 0.15) is 9.71 Å². The third-order valence-electron chi connectivity index (χ3n) is 4.94. The summed E-state index contributed by atoms with van der Waals surface area (Å²) in [4.78, 5) is 21.9. The molecule has 0 radical (unpaired) electrons. The molecule has 29 heavy (non-hydrogen) atoms. The van der Waals surface area contributed by atoms with Crippen molar-refractivity contribution in [1.29, 1.82) is 0 Å². The summed E-state index contributed by atoms with van der Waals surface area (Å²) in [5.41, 5.74) is 15.8.